The van der Waals surface area contributed by atoms with Gasteiger partial charge in [0.05, 0.1) is 12.3 Å². The molecule has 1 fully saturated rings. The van der Waals surface area contributed by atoms with E-state index in [2.05, 4.69) is 11.9 Å². The predicted octanol–water partition coefficient (Wildman–Crippen LogP) is 6.35. The van der Waals surface area contributed by atoms with E-state index in [1.807, 2.05) is 49.4 Å². The van der Waals surface area contributed by atoms with Gasteiger partial charge in [-0.25, -0.2) is 14.1 Å². The average molecular weight is 551 g/mol. The van der Waals surface area contributed by atoms with E-state index in [0.717, 1.165) is 38.9 Å². The van der Waals surface area contributed by atoms with E-state index in [-0.39, 0.29) is 11.3 Å². The molecule has 1 heterocycles. The molecule has 1 aliphatic heterocycles. The smallest absolute Gasteiger partial charge is 0.335 e. The standard InChI is InChI=1S/C33H27FN2O5/c1-3-8-23-17-21(18-28-31(37)35-33(39)36(32(28)38)26-15-13-25(34)14-16-26)19-29(40-4-2)30(23)41-20-24-11-7-10-22-9-5-6-12-27(22)24/h3,5-7,9-19H,1,4,8,20H2,2H3,(H,35,37,39)/b28-18+. The van der Waals surface area contributed by atoms with Crippen molar-refractivity contribution in [3.05, 3.63) is 120 Å². The van der Waals surface area contributed by atoms with Crippen LogP contribution in [0.1, 0.15) is 23.6 Å². The van der Waals surface area contributed by atoms with Crippen LogP contribution in [0.25, 0.3) is 16.8 Å². The quantitative estimate of drug-likeness (QED) is 0.149. The summed E-state index contributed by atoms with van der Waals surface area (Å²) in [5.41, 5.74) is 2.12. The van der Waals surface area contributed by atoms with Gasteiger partial charge in [-0.15, -0.1) is 6.58 Å². The largest absolute Gasteiger partial charge is 0.490 e. The van der Waals surface area contributed by atoms with Crippen molar-refractivity contribution in [3.63, 3.8) is 0 Å². The lowest BCUT2D eigenvalue weighted by atomic mass is 10.0. The molecular weight excluding hydrogens is 523 g/mol. The van der Waals surface area contributed by atoms with Crippen LogP contribution in [0, 0.1) is 5.82 Å². The van der Waals surface area contributed by atoms with Crippen LogP contribution in [-0.2, 0) is 22.6 Å². The third-order valence-electron chi connectivity index (χ3n) is 6.57. The van der Waals surface area contributed by atoms with Crippen LogP contribution in [0.2, 0.25) is 0 Å². The van der Waals surface area contributed by atoms with E-state index >= 15 is 0 Å². The number of ether oxygens (including phenoxy) is 2. The number of anilines is 1. The number of halogens is 1. The Balaban J connectivity index is 1.51. The van der Waals surface area contributed by atoms with Gasteiger partial charge >= 0.3 is 6.03 Å². The molecule has 1 saturated heterocycles. The number of nitrogens with zero attached hydrogens (tertiary/aromatic N) is 1. The number of urea groups is 1. The molecule has 0 saturated carbocycles. The van der Waals surface area contributed by atoms with Crippen molar-refractivity contribution >= 4 is 40.4 Å². The van der Waals surface area contributed by atoms with Gasteiger partial charge in [0.1, 0.15) is 18.0 Å². The molecule has 0 atom stereocenters. The zero-order chi connectivity index (χ0) is 28.9. The Labute approximate surface area is 236 Å². The van der Waals surface area contributed by atoms with Gasteiger partial charge in [-0.2, -0.15) is 0 Å². The van der Waals surface area contributed by atoms with Crippen LogP contribution in [-0.4, -0.2) is 24.5 Å². The lowest BCUT2D eigenvalue weighted by Crippen LogP contribution is -2.54. The third-order valence-corrected chi connectivity index (χ3v) is 6.57. The van der Waals surface area contributed by atoms with Gasteiger partial charge in [-0.05, 0) is 77.7 Å². The number of hydrogen-bond acceptors (Lipinski definition) is 5. The number of rotatable bonds is 9. The van der Waals surface area contributed by atoms with Crippen LogP contribution in [0.15, 0.2) is 97.1 Å². The van der Waals surface area contributed by atoms with Crippen molar-refractivity contribution in [2.75, 3.05) is 11.5 Å². The van der Waals surface area contributed by atoms with E-state index in [4.69, 9.17) is 9.47 Å². The number of carbonyl (C=O) groups is 3. The molecule has 0 bridgehead atoms. The van der Waals surface area contributed by atoms with Crippen molar-refractivity contribution in [1.29, 1.82) is 0 Å². The fourth-order valence-corrected chi connectivity index (χ4v) is 4.72. The highest BCUT2D eigenvalue weighted by Gasteiger charge is 2.37. The predicted molar refractivity (Wildman–Crippen MR) is 155 cm³/mol. The first kappa shape index (κ1) is 27.3. The van der Waals surface area contributed by atoms with Crippen molar-refractivity contribution < 1.29 is 28.2 Å². The number of fused-ring (bicyclic) bond motifs is 1. The second-order valence-corrected chi connectivity index (χ2v) is 9.29. The Hall–Kier alpha value is -5.24. The molecule has 4 amide bonds. The molecule has 7 nitrogen and oxygen atoms in total. The average Bonchev–Trinajstić information content (AvgIpc) is 2.96. The van der Waals surface area contributed by atoms with Gasteiger partial charge in [0.15, 0.2) is 11.5 Å². The lowest BCUT2D eigenvalue weighted by Gasteiger charge is -2.26. The molecule has 0 unspecified atom stereocenters. The fourth-order valence-electron chi connectivity index (χ4n) is 4.72. The summed E-state index contributed by atoms with van der Waals surface area (Å²) in [6.07, 6.45) is 3.55. The van der Waals surface area contributed by atoms with E-state index in [1.165, 1.54) is 18.2 Å². The molecule has 0 aliphatic carbocycles. The van der Waals surface area contributed by atoms with Gasteiger partial charge < -0.3 is 9.47 Å². The number of amides is 4. The summed E-state index contributed by atoms with van der Waals surface area (Å²) in [6.45, 7) is 6.35. The number of benzene rings is 4. The second kappa shape index (κ2) is 11.9. The highest BCUT2D eigenvalue weighted by Crippen LogP contribution is 2.36. The summed E-state index contributed by atoms with van der Waals surface area (Å²) in [7, 11) is 0. The zero-order valence-corrected chi connectivity index (χ0v) is 22.4. The molecule has 1 N–H and O–H groups in total. The molecule has 4 aromatic carbocycles. The van der Waals surface area contributed by atoms with Crippen LogP contribution in [0.4, 0.5) is 14.9 Å². The summed E-state index contributed by atoms with van der Waals surface area (Å²) in [5.74, 6) is -1.22. The first-order chi connectivity index (χ1) is 19.9. The minimum Gasteiger partial charge on any atom is -0.490 e. The Morgan fingerprint density at radius 2 is 1.68 bits per heavy atom. The maximum absolute atomic E-state index is 13.4. The highest BCUT2D eigenvalue weighted by atomic mass is 19.1. The summed E-state index contributed by atoms with van der Waals surface area (Å²) in [6, 6.07) is 21.5. The SMILES string of the molecule is C=CCc1cc(/C=C2\C(=O)NC(=O)N(c3ccc(F)cc3)C2=O)cc(OCC)c1OCc1cccc2ccccc12. The molecule has 8 heteroatoms. The maximum Gasteiger partial charge on any atom is 0.335 e. The first-order valence-corrected chi connectivity index (χ1v) is 13.1. The van der Waals surface area contributed by atoms with Crippen LogP contribution < -0.4 is 19.7 Å². The van der Waals surface area contributed by atoms with E-state index < -0.39 is 23.7 Å². The van der Waals surface area contributed by atoms with E-state index in [0.29, 0.717) is 36.7 Å². The zero-order valence-electron chi connectivity index (χ0n) is 22.4. The molecular formula is C33H27FN2O5. The monoisotopic (exact) mass is 550 g/mol. The molecule has 0 radical (unpaired) electrons. The molecule has 206 valence electrons. The molecule has 1 aliphatic rings. The number of nitrogens with one attached hydrogen (secondary N) is 1. The summed E-state index contributed by atoms with van der Waals surface area (Å²) in [4.78, 5) is 39.3. The van der Waals surface area contributed by atoms with Crippen LogP contribution in [0.5, 0.6) is 11.5 Å². The van der Waals surface area contributed by atoms with Crippen molar-refractivity contribution in [1.82, 2.24) is 5.32 Å². The van der Waals surface area contributed by atoms with Crippen molar-refractivity contribution in [2.45, 2.75) is 20.0 Å². The van der Waals surface area contributed by atoms with Gasteiger partial charge in [0, 0.05) is 5.56 Å². The van der Waals surface area contributed by atoms with E-state index in [9.17, 15) is 18.8 Å². The minimum absolute atomic E-state index is 0.131. The van der Waals surface area contributed by atoms with Gasteiger partial charge in [0.2, 0.25) is 0 Å². The van der Waals surface area contributed by atoms with Gasteiger partial charge in [0.25, 0.3) is 11.8 Å². The van der Waals surface area contributed by atoms with E-state index in [1.54, 1.807) is 18.2 Å². The molecule has 4 aromatic rings. The second-order valence-electron chi connectivity index (χ2n) is 9.29. The normalized spacial score (nSPS) is 14.3. The van der Waals surface area contributed by atoms with Gasteiger partial charge in [-0.3, -0.25) is 14.9 Å². The first-order valence-electron chi connectivity index (χ1n) is 13.1. The molecule has 41 heavy (non-hydrogen) atoms. The topological polar surface area (TPSA) is 84.9 Å². The van der Waals surface area contributed by atoms with Crippen LogP contribution in [0.3, 0.4) is 0 Å². The Morgan fingerprint density at radius 1 is 0.927 bits per heavy atom. The fraction of sp³-hybridized carbons (Fsp3) is 0.121. The summed E-state index contributed by atoms with van der Waals surface area (Å²) in [5, 5.41) is 4.37. The van der Waals surface area contributed by atoms with Gasteiger partial charge in [-0.1, -0.05) is 48.5 Å². The highest BCUT2D eigenvalue weighted by molar-refractivity contribution is 6.39. The Bertz CT molecular complexity index is 1690. The minimum atomic E-state index is -0.914. The molecule has 0 aromatic heterocycles. The number of carbonyl (C=O) groups excluding carboxylic acids is 3. The van der Waals surface area contributed by atoms with Crippen molar-refractivity contribution in [3.8, 4) is 11.5 Å². The third kappa shape index (κ3) is 5.72. The lowest BCUT2D eigenvalue weighted by molar-refractivity contribution is -0.122. The summed E-state index contributed by atoms with van der Waals surface area (Å²) >= 11 is 0. The Morgan fingerprint density at radius 3 is 2.44 bits per heavy atom. The number of barbiturate groups is 1. The number of hydrogen-bond donors (Lipinski definition) is 1. The molecule has 0 spiro atoms. The molecule has 5 rings (SSSR count). The summed E-state index contributed by atoms with van der Waals surface area (Å²) < 4.78 is 25.7. The number of imide groups is 2. The van der Waals surface area contributed by atoms with Crippen LogP contribution >= 0.6 is 0 Å². The van der Waals surface area contributed by atoms with Crippen molar-refractivity contribution in [2.24, 2.45) is 0 Å². The Kier molecular flexibility index (Phi) is 7.92. The number of allylic oxidation sites excluding steroid dienone is 1. The maximum atomic E-state index is 13.4.